The van der Waals surface area contributed by atoms with Crippen molar-refractivity contribution in [2.24, 2.45) is 11.7 Å². The molecule has 19 atom stereocenters. The van der Waals surface area contributed by atoms with E-state index < -0.39 is 271 Å². The van der Waals surface area contributed by atoms with Gasteiger partial charge < -0.3 is 153 Å². The van der Waals surface area contributed by atoms with Crippen LogP contribution in [0.5, 0.6) is 69.0 Å². The molecule has 0 aromatic heterocycles. The Kier molecular flexibility index (Phi) is 28.4. The van der Waals surface area contributed by atoms with Crippen LogP contribution < -0.4 is 72.0 Å². The van der Waals surface area contributed by atoms with E-state index >= 15 is 28.8 Å². The molecule has 15 rings (SSSR count). The SMILES string of the molecule is CC(C)CCCCCCC(=O)N[C@H]1C(Oc2c3cc4cc2Oc2ccc(cc2Cl)[C@@H](O)[C@]2(C)NC(=O)[C@H](NC(=O)[C@@H]4NC(=O)[C@H]4NC(=O)[C@H](NC(=O)[C@H](N)c5ccc(O)c(c5)Oc5cc(O)cc4c5)[C@H](O)c4ccc(c(Cl)c4)O3)c3ccc(O)c(c3)-c3c(O[C@H]4O[C@H](CO)[C@@H](O)[C@H](O)[C@@H]4O)cc(O)cc3[C@@H](C(=O)NCCCN(C)C)NC2=O)O[C@H](CO)[C@@H](O)[C@@H]1O. The van der Waals surface area contributed by atoms with Crippen molar-refractivity contribution < 1.29 is 138 Å². The molecule has 8 aliphatic heterocycles. The second-order valence-corrected chi connectivity index (χ2v) is 33.3. The highest BCUT2D eigenvalue weighted by molar-refractivity contribution is 6.32. The number of ether oxygens (including phenoxy) is 7. The Morgan fingerprint density at radius 2 is 1.13 bits per heavy atom. The molecular formula is C86H98Cl2N10O28. The molecule has 1 unspecified atom stereocenters. The number of fused-ring (bicyclic) bond motifs is 14. The number of nitrogens with zero attached hydrogens (tertiary/aromatic N) is 1. The molecule has 0 radical (unpaired) electrons. The minimum atomic E-state index is -2.86. The topological polar surface area (TPSA) is 590 Å². The number of carbonyl (C=O) groups excluding carboxylic acids is 8. The maximum absolute atomic E-state index is 16.9. The van der Waals surface area contributed by atoms with Gasteiger partial charge in [-0.15, -0.1) is 0 Å². The molecule has 23 N–H and O–H groups in total. The lowest BCUT2D eigenvalue weighted by Gasteiger charge is -2.42. The molecule has 8 amide bonds. The van der Waals surface area contributed by atoms with Gasteiger partial charge in [0.05, 0.1) is 23.3 Å². The van der Waals surface area contributed by atoms with Crippen LogP contribution in [0.15, 0.2) is 115 Å². The van der Waals surface area contributed by atoms with E-state index in [4.69, 9.17) is 62.1 Å². The Balaban J connectivity index is 1.06. The fourth-order valence-corrected chi connectivity index (χ4v) is 16.0. The first kappa shape index (κ1) is 92.2. The molecule has 126 heavy (non-hydrogen) atoms. The Morgan fingerprint density at radius 3 is 1.79 bits per heavy atom. The number of hydrogen-bond acceptors (Lipinski definition) is 30. The van der Waals surface area contributed by atoms with E-state index in [9.17, 15) is 76.0 Å². The first-order valence-electron chi connectivity index (χ1n) is 40.5. The molecule has 0 spiro atoms. The van der Waals surface area contributed by atoms with Gasteiger partial charge in [-0.25, -0.2) is 0 Å². The van der Waals surface area contributed by atoms with E-state index in [0.29, 0.717) is 25.3 Å². The number of rotatable bonds is 19. The summed E-state index contributed by atoms with van der Waals surface area (Å²) in [6, 6.07) is 5.63. The van der Waals surface area contributed by atoms with Crippen molar-refractivity contribution in [2.45, 2.75) is 181 Å². The Hall–Kier alpha value is -11.4. The predicted molar refractivity (Wildman–Crippen MR) is 443 cm³/mol. The Bertz CT molecular complexity index is 5300. The quantitative estimate of drug-likeness (QED) is 0.0518. The van der Waals surface area contributed by atoms with Gasteiger partial charge in [0, 0.05) is 36.2 Å². The van der Waals surface area contributed by atoms with Crippen LogP contribution >= 0.6 is 23.2 Å². The summed E-state index contributed by atoms with van der Waals surface area (Å²) in [7, 11) is 3.53. The summed E-state index contributed by atoms with van der Waals surface area (Å²) in [5, 5.41) is 171. The summed E-state index contributed by atoms with van der Waals surface area (Å²) >= 11 is 14.5. The van der Waals surface area contributed by atoms with Crippen LogP contribution in [0, 0.1) is 5.92 Å². The minimum Gasteiger partial charge on any atom is -0.508 e. The third kappa shape index (κ3) is 19.9. The lowest BCUT2D eigenvalue weighted by molar-refractivity contribution is -0.277. The van der Waals surface area contributed by atoms with E-state index in [1.807, 2.05) is 0 Å². The number of aliphatic hydroxyl groups is 9. The van der Waals surface area contributed by atoms with Gasteiger partial charge in [-0.05, 0) is 164 Å². The fourth-order valence-electron chi connectivity index (χ4n) is 15.6. The van der Waals surface area contributed by atoms with E-state index in [1.54, 1.807) is 19.0 Å². The van der Waals surface area contributed by atoms with E-state index in [0.717, 1.165) is 117 Å². The van der Waals surface area contributed by atoms with Gasteiger partial charge in [0.1, 0.15) is 143 Å². The average molecular weight is 1790 g/mol. The van der Waals surface area contributed by atoms with Gasteiger partial charge in [0.15, 0.2) is 23.0 Å². The Labute approximate surface area is 729 Å². The van der Waals surface area contributed by atoms with Crippen LogP contribution in [0.1, 0.15) is 147 Å². The first-order valence-corrected chi connectivity index (χ1v) is 41.3. The van der Waals surface area contributed by atoms with E-state index in [1.165, 1.54) is 24.3 Å². The number of carbonyl (C=O) groups is 8. The van der Waals surface area contributed by atoms with Gasteiger partial charge in [-0.3, -0.25) is 38.4 Å². The number of unbranched alkanes of at least 4 members (excludes halogenated alkanes) is 3. The highest BCUT2D eigenvalue weighted by atomic mass is 35.5. The van der Waals surface area contributed by atoms with Crippen molar-refractivity contribution >= 4 is 70.5 Å². The van der Waals surface area contributed by atoms with Crippen molar-refractivity contribution in [1.82, 2.24) is 47.4 Å². The molecule has 17 bridgehead atoms. The summed E-state index contributed by atoms with van der Waals surface area (Å²) in [4.78, 5) is 127. The van der Waals surface area contributed by atoms with Gasteiger partial charge in [-0.2, -0.15) is 0 Å². The second kappa shape index (κ2) is 38.8. The van der Waals surface area contributed by atoms with Crippen molar-refractivity contribution in [1.29, 1.82) is 0 Å². The molecule has 7 aromatic rings. The molecule has 2 saturated heterocycles. The number of phenols is 4. The number of halogens is 2. The molecule has 0 saturated carbocycles. The zero-order chi connectivity index (χ0) is 90.8. The van der Waals surface area contributed by atoms with Crippen LogP contribution in [0.2, 0.25) is 10.0 Å². The number of aliphatic hydroxyl groups excluding tert-OH is 9. The molecule has 674 valence electrons. The largest absolute Gasteiger partial charge is 0.508 e. The summed E-state index contributed by atoms with van der Waals surface area (Å²) < 4.78 is 44.7. The Morgan fingerprint density at radius 1 is 0.556 bits per heavy atom. The third-order valence-electron chi connectivity index (χ3n) is 22.6. The second-order valence-electron chi connectivity index (χ2n) is 32.5. The molecule has 8 heterocycles. The van der Waals surface area contributed by atoms with Gasteiger partial charge >= 0.3 is 0 Å². The van der Waals surface area contributed by atoms with Crippen molar-refractivity contribution in [3.63, 3.8) is 0 Å². The molecule has 38 nitrogen and oxygen atoms in total. The lowest BCUT2D eigenvalue weighted by Crippen LogP contribution is -2.65. The van der Waals surface area contributed by atoms with Crippen LogP contribution in [0.3, 0.4) is 0 Å². The minimum absolute atomic E-state index is 0.0230. The van der Waals surface area contributed by atoms with Crippen molar-refractivity contribution in [2.75, 3.05) is 40.4 Å². The highest BCUT2D eigenvalue weighted by Crippen LogP contribution is 2.51. The summed E-state index contributed by atoms with van der Waals surface area (Å²) in [6.45, 7) is 3.53. The van der Waals surface area contributed by atoms with Crippen LogP contribution in [0.4, 0.5) is 0 Å². The number of amides is 8. The van der Waals surface area contributed by atoms with Crippen LogP contribution in [0.25, 0.3) is 11.1 Å². The zero-order valence-electron chi connectivity index (χ0n) is 68.4. The predicted octanol–water partition coefficient (Wildman–Crippen LogP) is 2.92. The monoisotopic (exact) mass is 1790 g/mol. The molecule has 0 aliphatic carbocycles. The van der Waals surface area contributed by atoms with Crippen LogP contribution in [-0.4, -0.2) is 232 Å². The smallest absolute Gasteiger partial charge is 0.249 e. The molecule has 8 aliphatic rings. The number of nitrogens with one attached hydrogen (secondary N) is 8. The summed E-state index contributed by atoms with van der Waals surface area (Å²) in [5.41, 5.74) is 0.324. The number of aromatic hydroxyl groups is 4. The van der Waals surface area contributed by atoms with Gasteiger partial charge in [0.25, 0.3) is 0 Å². The lowest BCUT2D eigenvalue weighted by atomic mass is 9.85. The van der Waals surface area contributed by atoms with Crippen LogP contribution in [-0.2, 0) is 47.8 Å². The maximum atomic E-state index is 16.9. The van der Waals surface area contributed by atoms with E-state index in [-0.39, 0.29) is 53.3 Å². The molecule has 7 aromatic carbocycles. The standard InChI is InChI=1S/C86H98Cl2N10O28/c1-36(2)11-8-6-7-9-12-60(105)91-68-72(109)70(107)58(34-99)124-83(68)126-75-56-29-42-30-57(75)122-53-20-16-40(27-49(53)88)76(112)86(3)85(119)96-66(78(114)90-21-10-22-98(4)5)47-32-44(102)33-55(123-84-74(111)73(110)71(108)59(35-100)125-84)61(47)46-25-38(14-17-50(46)103)63(82(118)97-86)92-80(116)65(42)93-79(115)64-41-23-43(101)31-45(24-41)120-54-28-37(13-18-51(54)104)62(89)77(113)95-67(81(117)94-64)69(106)39-15-19-52(121-56)48(87)26-39/h13-20,23-33,36,58-59,62-74,76,83-84,99-104,106-112H,6-12,21-22,34-35,89H2,1-5H3,(H,90,114)(H,91,105)(H,92,116)(H,93,115)(H,94,117)(H,95,113)(H,96,119)(H,97,118)/t58-,59-,62-,63-,64+,65-,66+,67-,68-,69-,70-,71-,72-,73+,74+,76-,83?,84+,86+/m1/s1. The van der Waals surface area contributed by atoms with E-state index in [2.05, 4.69) is 56.4 Å². The summed E-state index contributed by atoms with van der Waals surface area (Å²) in [5.74, 6) is -16.6. The number of benzene rings is 7. The van der Waals surface area contributed by atoms with Crippen molar-refractivity contribution in [3.05, 3.63) is 164 Å². The normalized spacial score (nSPS) is 27.3. The first-order chi connectivity index (χ1) is 59.9. The van der Waals surface area contributed by atoms with Gasteiger partial charge in [-0.1, -0.05) is 87.0 Å². The van der Waals surface area contributed by atoms with Crippen molar-refractivity contribution in [3.8, 4) is 80.1 Å². The summed E-state index contributed by atoms with van der Waals surface area (Å²) in [6.07, 6.45) is -18.4. The molecule has 40 heteroatoms. The third-order valence-corrected chi connectivity index (χ3v) is 23.2. The number of hydrogen-bond donors (Lipinski definition) is 22. The number of nitrogens with two attached hydrogens (primary N) is 1. The fraction of sp³-hybridized carbons (Fsp3) is 0.419. The highest BCUT2D eigenvalue weighted by Gasteiger charge is 2.52. The molecule has 2 fully saturated rings. The maximum Gasteiger partial charge on any atom is 0.249 e. The molecular weight excluding hydrogens is 1690 g/mol. The van der Waals surface area contributed by atoms with Gasteiger partial charge in [0.2, 0.25) is 65.6 Å². The number of phenolic OH excluding ortho intramolecular Hbond substituents is 4. The zero-order valence-corrected chi connectivity index (χ0v) is 69.9. The average Bonchev–Trinajstić information content (AvgIpc) is 0.749.